The van der Waals surface area contributed by atoms with Gasteiger partial charge in [-0.15, -0.1) is 0 Å². The largest absolute Gasteiger partial charge is 0.394 e. The molecule has 1 aliphatic rings. The maximum atomic E-state index is 12.3. The number of anilines is 2. The zero-order valence-corrected chi connectivity index (χ0v) is 15.0. The number of aryl methyl sites for hydroxylation is 2. The van der Waals surface area contributed by atoms with E-state index in [0.717, 1.165) is 11.1 Å². The Morgan fingerprint density at radius 2 is 1.85 bits per heavy atom. The van der Waals surface area contributed by atoms with E-state index >= 15 is 0 Å². The number of nitrogens with zero attached hydrogens (tertiary/aromatic N) is 3. The summed E-state index contributed by atoms with van der Waals surface area (Å²) in [6, 6.07) is 3.67. The van der Waals surface area contributed by atoms with Gasteiger partial charge in [-0.2, -0.15) is 0 Å². The van der Waals surface area contributed by atoms with Gasteiger partial charge in [0.25, 0.3) is 5.56 Å². The quantitative estimate of drug-likeness (QED) is 0.419. The van der Waals surface area contributed by atoms with Crippen LogP contribution >= 0.6 is 0 Å². The van der Waals surface area contributed by atoms with Crippen LogP contribution in [0.25, 0.3) is 6.58 Å². The number of aromatic nitrogens is 2. The molecule has 2 heterocycles. The van der Waals surface area contributed by atoms with E-state index in [1.54, 1.807) is 4.90 Å². The number of benzene rings is 1. The van der Waals surface area contributed by atoms with E-state index in [1.165, 1.54) is 0 Å². The molecule has 0 bridgehead atoms. The van der Waals surface area contributed by atoms with Crippen molar-refractivity contribution in [3.63, 3.8) is 0 Å². The van der Waals surface area contributed by atoms with Crippen molar-refractivity contribution in [3.05, 3.63) is 44.5 Å². The Morgan fingerprint density at radius 3 is 2.52 bits per heavy atom. The van der Waals surface area contributed by atoms with Gasteiger partial charge in [-0.3, -0.25) is 4.79 Å². The first-order chi connectivity index (χ1) is 12.7. The molecule has 0 aliphatic carbocycles. The Morgan fingerprint density at radius 1 is 1.19 bits per heavy atom. The summed E-state index contributed by atoms with van der Waals surface area (Å²) in [7, 11) is 0. The number of H-pyrrole nitrogens is 1. The van der Waals surface area contributed by atoms with Crippen LogP contribution in [0.3, 0.4) is 0 Å². The topological polar surface area (TPSA) is 142 Å². The van der Waals surface area contributed by atoms with Gasteiger partial charge < -0.3 is 30.3 Å². The van der Waals surface area contributed by atoms with Crippen LogP contribution in [-0.4, -0.2) is 61.9 Å². The molecular formula is C18H22N4O5. The fourth-order valence-corrected chi connectivity index (χ4v) is 2.96. The number of nitrogens with one attached hydrogen (secondary N) is 1. The molecule has 1 aromatic carbocycles. The van der Waals surface area contributed by atoms with Crippen LogP contribution < -0.4 is 21.3 Å². The first-order valence-electron chi connectivity index (χ1n) is 8.44. The minimum Gasteiger partial charge on any atom is -0.394 e. The Bertz CT molecular complexity index is 1040. The summed E-state index contributed by atoms with van der Waals surface area (Å²) in [6.07, 6.45) is -4.49. The van der Waals surface area contributed by atoms with Gasteiger partial charge in [0.15, 0.2) is 11.2 Å². The lowest BCUT2D eigenvalue weighted by Gasteiger charge is -2.32. The van der Waals surface area contributed by atoms with Crippen molar-refractivity contribution in [3.8, 4) is 0 Å². The van der Waals surface area contributed by atoms with E-state index in [0.29, 0.717) is 11.4 Å². The van der Waals surface area contributed by atoms with Crippen molar-refractivity contribution in [2.24, 2.45) is 4.99 Å². The SMILES string of the molecule is C=c1nc2c(c(=O)[nH]1)=Nc1cc(C)c(C)cc1N2C[C@@H](O)[C@@H](O)[C@@H](O)CO. The Labute approximate surface area is 154 Å². The summed E-state index contributed by atoms with van der Waals surface area (Å²) in [5.74, 6) is 0.198. The highest BCUT2D eigenvalue weighted by Crippen LogP contribution is 2.36. The molecule has 1 aliphatic heterocycles. The zero-order valence-electron chi connectivity index (χ0n) is 15.0. The van der Waals surface area contributed by atoms with Crippen molar-refractivity contribution in [1.82, 2.24) is 9.97 Å². The van der Waals surface area contributed by atoms with E-state index in [4.69, 9.17) is 5.11 Å². The van der Waals surface area contributed by atoms with Gasteiger partial charge in [0.2, 0.25) is 0 Å². The van der Waals surface area contributed by atoms with Crippen molar-refractivity contribution < 1.29 is 20.4 Å². The molecule has 9 heteroatoms. The third kappa shape index (κ3) is 3.50. The third-order valence-corrected chi connectivity index (χ3v) is 4.64. The number of aliphatic hydroxyl groups excluding tert-OH is 4. The molecular weight excluding hydrogens is 352 g/mol. The predicted octanol–water partition coefficient (Wildman–Crippen LogP) is -1.73. The maximum absolute atomic E-state index is 12.3. The summed E-state index contributed by atoms with van der Waals surface area (Å²) in [4.78, 5) is 25.0. The minimum absolute atomic E-state index is 0.0718. The van der Waals surface area contributed by atoms with Crippen LogP contribution in [0.1, 0.15) is 11.1 Å². The van der Waals surface area contributed by atoms with Crippen LogP contribution in [0.2, 0.25) is 0 Å². The van der Waals surface area contributed by atoms with Gasteiger partial charge in [-0.25, -0.2) is 9.98 Å². The number of hydrogen-bond donors (Lipinski definition) is 5. The predicted molar refractivity (Wildman–Crippen MR) is 98.8 cm³/mol. The molecule has 0 radical (unpaired) electrons. The van der Waals surface area contributed by atoms with Crippen LogP contribution in [0.15, 0.2) is 21.9 Å². The highest BCUT2D eigenvalue weighted by molar-refractivity contribution is 5.77. The number of aliphatic hydroxyl groups is 4. The van der Waals surface area contributed by atoms with Crippen molar-refractivity contribution in [2.75, 3.05) is 18.1 Å². The summed E-state index contributed by atoms with van der Waals surface area (Å²) in [5.41, 5.74) is 2.76. The van der Waals surface area contributed by atoms with Crippen LogP contribution in [0, 0.1) is 13.8 Å². The van der Waals surface area contributed by atoms with Gasteiger partial charge in [-0.1, -0.05) is 6.58 Å². The summed E-state index contributed by atoms with van der Waals surface area (Å²) in [5, 5.41) is 39.1. The normalized spacial score (nSPS) is 16.1. The molecule has 144 valence electrons. The molecule has 0 unspecified atom stereocenters. The molecule has 0 spiro atoms. The molecule has 5 N–H and O–H groups in total. The van der Waals surface area contributed by atoms with E-state index in [-0.39, 0.29) is 23.2 Å². The van der Waals surface area contributed by atoms with Crippen LogP contribution in [-0.2, 0) is 0 Å². The second kappa shape index (κ2) is 7.20. The number of rotatable bonds is 5. The average Bonchev–Trinajstić information content (AvgIpc) is 2.62. The molecule has 1 aromatic heterocycles. The molecule has 0 saturated carbocycles. The van der Waals surface area contributed by atoms with Crippen molar-refractivity contribution >= 4 is 23.8 Å². The third-order valence-electron chi connectivity index (χ3n) is 4.64. The highest BCUT2D eigenvalue weighted by Gasteiger charge is 2.30. The Kier molecular flexibility index (Phi) is 5.11. The average molecular weight is 374 g/mol. The lowest BCUT2D eigenvalue weighted by Crippen LogP contribution is -2.48. The van der Waals surface area contributed by atoms with Gasteiger partial charge >= 0.3 is 0 Å². The second-order valence-electron chi connectivity index (χ2n) is 6.64. The van der Waals surface area contributed by atoms with E-state index in [2.05, 4.69) is 21.5 Å². The summed E-state index contributed by atoms with van der Waals surface area (Å²) in [6.45, 7) is 6.62. The standard InChI is InChI=1S/C18H22N4O5/c1-8-4-11-12(5-9(8)2)22(6-13(24)16(26)14(25)7-23)17-15(21-11)18(27)20-10(3)19-17/h4-5,13-14,16,23-26H,3,6-7H2,1-2H3,(H,20,27)/t13-,14+,16-/m1/s1. The van der Waals surface area contributed by atoms with Gasteiger partial charge in [0.05, 0.1) is 24.5 Å². The molecule has 9 nitrogen and oxygen atoms in total. The minimum atomic E-state index is -1.58. The number of β-amino-alcohol motifs (C(OH)–C–C–N with tert-alkyl or cyclic N) is 1. The number of aromatic amines is 1. The highest BCUT2D eigenvalue weighted by atomic mass is 16.4. The molecule has 0 amide bonds. The molecule has 3 atom stereocenters. The molecule has 0 saturated heterocycles. The Hall–Kier alpha value is -2.59. The van der Waals surface area contributed by atoms with Gasteiger partial charge in [0.1, 0.15) is 23.8 Å². The number of fused-ring (bicyclic) bond motifs is 2. The lowest BCUT2D eigenvalue weighted by molar-refractivity contribution is -0.0726. The monoisotopic (exact) mass is 374 g/mol. The summed E-state index contributed by atoms with van der Waals surface area (Å²) >= 11 is 0. The maximum Gasteiger partial charge on any atom is 0.279 e. The van der Waals surface area contributed by atoms with E-state index in [9.17, 15) is 20.1 Å². The smallest absolute Gasteiger partial charge is 0.279 e. The van der Waals surface area contributed by atoms with E-state index < -0.39 is 30.5 Å². The lowest BCUT2D eigenvalue weighted by atomic mass is 10.0. The second-order valence-corrected chi connectivity index (χ2v) is 6.64. The molecule has 27 heavy (non-hydrogen) atoms. The zero-order chi connectivity index (χ0) is 19.9. The first kappa shape index (κ1) is 19.2. The summed E-state index contributed by atoms with van der Waals surface area (Å²) < 4.78 is 0. The molecule has 3 rings (SSSR count). The van der Waals surface area contributed by atoms with Gasteiger partial charge in [-0.05, 0) is 37.1 Å². The fraction of sp³-hybridized carbons (Fsp3) is 0.389. The number of hydrogen-bond acceptors (Lipinski definition) is 8. The van der Waals surface area contributed by atoms with Gasteiger partial charge in [0, 0.05) is 0 Å². The van der Waals surface area contributed by atoms with Crippen LogP contribution in [0.4, 0.5) is 17.2 Å². The molecule has 2 aromatic rings. The fourth-order valence-electron chi connectivity index (χ4n) is 2.96. The molecule has 0 fully saturated rings. The van der Waals surface area contributed by atoms with Crippen molar-refractivity contribution in [1.29, 1.82) is 0 Å². The van der Waals surface area contributed by atoms with E-state index in [1.807, 2.05) is 26.0 Å². The first-order valence-corrected chi connectivity index (χ1v) is 8.44. The van der Waals surface area contributed by atoms with Crippen molar-refractivity contribution in [2.45, 2.75) is 32.2 Å². The Balaban J connectivity index is 2.16. The van der Waals surface area contributed by atoms with Crippen LogP contribution in [0.5, 0.6) is 0 Å².